The van der Waals surface area contributed by atoms with E-state index in [1.165, 1.54) is 75.1 Å². The first-order chi connectivity index (χ1) is 39.0. The molecule has 0 aliphatic rings. The second-order valence-electron chi connectivity index (χ2n) is 12.0. The van der Waals surface area contributed by atoms with Gasteiger partial charge < -0.3 is 77.2 Å². The number of phosphoric ester groups is 4. The summed E-state index contributed by atoms with van der Waals surface area (Å²) in [5.41, 5.74) is 5.44. The maximum atomic E-state index is 11.2. The van der Waals surface area contributed by atoms with Crippen molar-refractivity contribution in [3.05, 3.63) is 230 Å². The maximum absolute atomic E-state index is 11.2. The molecule has 0 bridgehead atoms. The number of aliphatic hydroxyl groups is 3. The first kappa shape index (κ1) is 97.1. The van der Waals surface area contributed by atoms with E-state index in [0.29, 0.717) is 69.6 Å². The molecule has 5 unspecified atom stereocenters. The molecule has 0 aliphatic heterocycles. The van der Waals surface area contributed by atoms with Crippen molar-refractivity contribution in [2.75, 3.05) is 19.8 Å². The molecule has 5 atom stereocenters. The van der Waals surface area contributed by atoms with Crippen LogP contribution in [0.25, 0.3) is 0 Å². The molecule has 0 aromatic rings. The monoisotopic (exact) mass is 1280 g/mol. The lowest BCUT2D eigenvalue weighted by Crippen LogP contribution is -2.19. The lowest BCUT2D eigenvalue weighted by atomic mass is 9.98. The van der Waals surface area contributed by atoms with Gasteiger partial charge in [-0.05, 0) is 30.9 Å². The third kappa shape index (κ3) is 137. The molecule has 36 heteroatoms. The highest BCUT2D eigenvalue weighted by Crippen LogP contribution is 2.40. The van der Waals surface area contributed by atoms with Gasteiger partial charge in [0.25, 0.3) is 7.82 Å². The van der Waals surface area contributed by atoms with Crippen molar-refractivity contribution in [3.63, 3.8) is 0 Å². The molecule has 0 aliphatic carbocycles. The van der Waals surface area contributed by atoms with Gasteiger partial charge in [-0.15, -0.1) is 0 Å². The fourth-order valence-electron chi connectivity index (χ4n) is 2.44. The second kappa shape index (κ2) is 78.1. The van der Waals surface area contributed by atoms with Gasteiger partial charge in [0.1, 0.15) is 100 Å². The van der Waals surface area contributed by atoms with Gasteiger partial charge in [0.2, 0.25) is 0 Å². The number of aliphatic hydroxyl groups excluding tert-OH is 3. The zero-order chi connectivity index (χ0) is 66.6. The first-order valence-electron chi connectivity index (χ1n) is 21.3. The molecule has 0 spiro atoms. The molecular weight excluding hydrogens is 1200 g/mol. The third-order valence-corrected chi connectivity index (χ3v) is 7.77. The minimum Gasteiger partial charge on any atom is -0.756 e. The Morgan fingerprint density at radius 3 is 0.843 bits per heavy atom. The standard InChI is InChI=1S/C9H21NO8P2.C6H12O.2C4H7O5P.6C4H6O2/c1-2-16-20(14,15)18-8-9(5-3-4-6-10)7-17-19(11,12)13;1-6(2,3)4-5-7;2*1-2-8-10(6,7)9-4-3-5;6*1-3-5-6-4-2/h2,9H,1,3-8,10H2,(H,14,15)(H2,11,12,13);4-5,7H,1-3H3;2*2-5H,1H2,(H,6,7);6*3-4H,1-2H2/p-4/b;5-4+;2*4-3-;;;;;;. The van der Waals surface area contributed by atoms with Gasteiger partial charge in [0.05, 0.1) is 38.3 Å². The summed E-state index contributed by atoms with van der Waals surface area (Å²) in [5, 5.41) is 24.1. The predicted molar refractivity (Wildman–Crippen MR) is 297 cm³/mol. The van der Waals surface area contributed by atoms with Crippen LogP contribution in [-0.2, 0) is 109 Å². The Morgan fingerprint density at radius 2 is 0.663 bits per heavy atom. The van der Waals surface area contributed by atoms with E-state index in [0.717, 1.165) is 6.26 Å². The number of hydrogen-bond acceptors (Lipinski definition) is 31. The van der Waals surface area contributed by atoms with Crippen molar-refractivity contribution in [1.82, 2.24) is 0 Å². The molecule has 0 amide bonds. The molecule has 0 saturated carbocycles. The van der Waals surface area contributed by atoms with E-state index < -0.39 is 43.8 Å². The number of rotatable bonds is 38. The molecule has 32 nitrogen and oxygen atoms in total. The molecule has 83 heavy (non-hydrogen) atoms. The van der Waals surface area contributed by atoms with Crippen molar-refractivity contribution in [1.29, 1.82) is 0 Å². The summed E-state index contributed by atoms with van der Waals surface area (Å²) in [6.07, 6.45) is 22.7. The van der Waals surface area contributed by atoms with Gasteiger partial charge >= 0.3 is 23.5 Å². The molecule has 0 heterocycles. The van der Waals surface area contributed by atoms with Gasteiger partial charge in [-0.25, -0.2) is 9.13 Å². The highest BCUT2D eigenvalue weighted by Gasteiger charge is 2.17. The van der Waals surface area contributed by atoms with Crippen molar-refractivity contribution in [3.8, 4) is 0 Å². The number of nitrogens with two attached hydrogens (primary N) is 1. The molecule has 482 valence electrons. The molecule has 6 N–H and O–H groups in total. The number of phosphoric acid groups is 4. The summed E-state index contributed by atoms with van der Waals surface area (Å²) >= 11 is 0. The van der Waals surface area contributed by atoms with Crippen molar-refractivity contribution >= 4 is 31.3 Å². The first-order valence-corrected chi connectivity index (χ1v) is 27.2. The zero-order valence-electron chi connectivity index (χ0n) is 46.2. The number of hydrogen-bond donors (Lipinski definition) is 5. The van der Waals surface area contributed by atoms with Crippen molar-refractivity contribution in [2.45, 2.75) is 40.0 Å². The second-order valence-corrected chi connectivity index (χ2v) is 17.2. The third-order valence-electron chi connectivity index (χ3n) is 4.85. The topological polar surface area (TPSA) is 443 Å². The Balaban J connectivity index is -0.0000000928. The lowest BCUT2D eigenvalue weighted by molar-refractivity contribution is -0.224. The Morgan fingerprint density at radius 1 is 0.410 bits per heavy atom. The summed E-state index contributed by atoms with van der Waals surface area (Å²) in [4.78, 5) is 100. The quantitative estimate of drug-likeness (QED) is 0.0126. The Bertz CT molecular complexity index is 1710. The molecule has 0 radical (unpaired) electrons. The van der Waals surface area contributed by atoms with Crippen molar-refractivity contribution in [2.24, 2.45) is 17.1 Å². The van der Waals surface area contributed by atoms with Crippen LogP contribution in [-0.4, -0.2) is 40.0 Å². The van der Waals surface area contributed by atoms with Gasteiger partial charge in [0.15, 0.2) is 0 Å². The average Bonchev–Trinajstić information content (AvgIpc) is 3.42. The SMILES string of the molecule is C=COOC=C.C=COOC=C.C=COOC=C.C=COOC=C.C=COOC=C.C=COOC=C.C=COP(=O)([O-])O/C=C\O.C=COP(=O)([O-])O/C=C\O.C=COP(=O)([O-])OCC(CCCCN)COP(=O)([O-])O.CC(C)(C)/C=C/O. The minimum absolute atomic E-state index is 0.120. The fraction of sp³-hybridized carbons (Fsp3) is 0.234. The van der Waals surface area contributed by atoms with Crippen LogP contribution in [0.5, 0.6) is 0 Å². The molecule has 0 aromatic carbocycles. The van der Waals surface area contributed by atoms with E-state index in [1.54, 1.807) is 6.08 Å². The fourth-order valence-corrected chi connectivity index (χ4v) is 4.35. The van der Waals surface area contributed by atoms with Crippen LogP contribution in [0.1, 0.15) is 40.0 Å². The predicted octanol–water partition coefficient (Wildman–Crippen LogP) is 10.6. The number of allylic oxidation sites excluding steroid dienone is 1. The van der Waals surface area contributed by atoms with E-state index in [9.17, 15) is 37.8 Å². The lowest BCUT2D eigenvalue weighted by Gasteiger charge is -2.25. The van der Waals surface area contributed by atoms with Crippen LogP contribution < -0.4 is 25.3 Å². The molecule has 0 saturated heterocycles. The average molecular weight is 1280 g/mol. The Hall–Kier alpha value is -8.08. The normalized spacial score (nSPS) is 12.1. The van der Waals surface area contributed by atoms with E-state index >= 15 is 0 Å². The summed E-state index contributed by atoms with van der Waals surface area (Å²) in [6.45, 7) is 53.3. The van der Waals surface area contributed by atoms with Crippen LogP contribution in [0.2, 0.25) is 0 Å². The largest absolute Gasteiger partial charge is 0.756 e. The van der Waals surface area contributed by atoms with Crippen LogP contribution in [0.4, 0.5) is 0 Å². The highest BCUT2D eigenvalue weighted by molar-refractivity contribution is 7.46. The van der Waals surface area contributed by atoms with Crippen LogP contribution >= 0.6 is 31.3 Å². The van der Waals surface area contributed by atoms with Crippen LogP contribution in [0.3, 0.4) is 0 Å². The Kier molecular flexibility index (Phi) is 91.5. The summed E-state index contributed by atoms with van der Waals surface area (Å²) in [6, 6.07) is 0. The maximum Gasteiger partial charge on any atom is 0.371 e. The summed E-state index contributed by atoms with van der Waals surface area (Å²) < 4.78 is 70.9. The Labute approximate surface area is 485 Å². The summed E-state index contributed by atoms with van der Waals surface area (Å²) in [5.74, 6) is -0.549. The molecular formula is C47H79NO31P4-4. The van der Waals surface area contributed by atoms with Gasteiger partial charge in [-0.2, -0.15) is 0 Å². The highest BCUT2D eigenvalue weighted by atomic mass is 31.2. The van der Waals surface area contributed by atoms with E-state index in [-0.39, 0.29) is 12.0 Å². The molecule has 0 fully saturated rings. The van der Waals surface area contributed by atoms with Crippen LogP contribution in [0, 0.1) is 11.3 Å². The number of unbranched alkanes of at least 4 members (excludes halogenated alkanes) is 1. The van der Waals surface area contributed by atoms with E-state index in [1.807, 2.05) is 20.8 Å². The summed E-state index contributed by atoms with van der Waals surface area (Å²) in [7, 11) is -18.0. The van der Waals surface area contributed by atoms with Gasteiger partial charge in [-0.1, -0.05) is 126 Å². The van der Waals surface area contributed by atoms with Crippen LogP contribution in [0.15, 0.2) is 230 Å². The van der Waals surface area contributed by atoms with Crippen molar-refractivity contribution < 1.29 is 148 Å². The van der Waals surface area contributed by atoms with Gasteiger partial charge in [0, 0.05) is 5.92 Å². The minimum atomic E-state index is -4.86. The smallest absolute Gasteiger partial charge is 0.371 e. The molecule has 0 aromatic heterocycles. The molecule has 0 rings (SSSR count). The zero-order valence-corrected chi connectivity index (χ0v) is 49.8. The van der Waals surface area contributed by atoms with E-state index in [4.69, 9.17) is 25.9 Å². The van der Waals surface area contributed by atoms with E-state index in [2.05, 4.69) is 189 Å². The van der Waals surface area contributed by atoms with Gasteiger partial charge in [-0.3, -0.25) is 67.8 Å².